The average molecular weight is 292 g/mol. The van der Waals surface area contributed by atoms with E-state index in [9.17, 15) is 4.79 Å². The molecule has 0 aliphatic carbocycles. The van der Waals surface area contributed by atoms with E-state index in [0.29, 0.717) is 24.4 Å². The highest BCUT2D eigenvalue weighted by Gasteiger charge is 2.01. The van der Waals surface area contributed by atoms with Gasteiger partial charge in [0.15, 0.2) is 0 Å². The zero-order valence-corrected chi connectivity index (χ0v) is 12.5. The molecule has 0 saturated heterocycles. The molecule has 3 nitrogen and oxygen atoms in total. The van der Waals surface area contributed by atoms with Gasteiger partial charge in [0.05, 0.1) is 6.61 Å². The summed E-state index contributed by atoms with van der Waals surface area (Å²) in [6, 6.07) is 15.3. The number of rotatable bonds is 6. The average Bonchev–Trinajstić information content (AvgIpc) is 2.54. The van der Waals surface area contributed by atoms with Gasteiger partial charge in [-0.2, -0.15) is 0 Å². The molecule has 4 heteroatoms. The van der Waals surface area contributed by atoms with E-state index >= 15 is 0 Å². The van der Waals surface area contributed by atoms with E-state index in [0.717, 1.165) is 11.1 Å². The second kappa shape index (κ2) is 8.08. The molecule has 0 aromatic heterocycles. The maximum Gasteiger partial charge on any atom is 0.330 e. The fourth-order valence-electron chi connectivity index (χ4n) is 1.88. The summed E-state index contributed by atoms with van der Waals surface area (Å²) >= 11 is 0. The van der Waals surface area contributed by atoms with Crippen LogP contribution in [0.15, 0.2) is 54.6 Å². The van der Waals surface area contributed by atoms with Crippen molar-refractivity contribution in [3.63, 3.8) is 0 Å². The predicted molar refractivity (Wildman–Crippen MR) is 88.3 cm³/mol. The lowest BCUT2D eigenvalue weighted by molar-refractivity contribution is -0.137. The minimum absolute atomic E-state index is 0.346. The molecule has 2 aromatic carbocycles. The molecular weight excluding hydrogens is 275 g/mol. The van der Waals surface area contributed by atoms with Crippen molar-refractivity contribution in [2.45, 2.75) is 13.5 Å². The van der Waals surface area contributed by atoms with Crippen molar-refractivity contribution in [2.24, 2.45) is 0 Å². The molecule has 0 aliphatic rings. The molecule has 0 saturated carbocycles. The van der Waals surface area contributed by atoms with Crippen LogP contribution in [0, 0.1) is 0 Å². The van der Waals surface area contributed by atoms with E-state index < -0.39 is 5.97 Å². The highest BCUT2D eigenvalue weighted by molar-refractivity contribution is 6.34. The second-order valence-electron chi connectivity index (χ2n) is 4.65. The van der Waals surface area contributed by atoms with E-state index in [1.807, 2.05) is 30.3 Å². The van der Waals surface area contributed by atoms with Gasteiger partial charge in [-0.25, -0.2) is 4.79 Å². The molecule has 0 fully saturated rings. The molecule has 2 rings (SSSR count). The third-order valence-electron chi connectivity index (χ3n) is 2.99. The summed E-state index contributed by atoms with van der Waals surface area (Å²) in [7, 11) is 5.90. The van der Waals surface area contributed by atoms with Crippen LogP contribution in [0.5, 0.6) is 5.75 Å². The first-order valence-corrected chi connectivity index (χ1v) is 7.10. The Hall–Kier alpha value is -2.49. The number of carbonyl (C=O) groups excluding carboxylic acids is 1. The Bertz CT molecular complexity index is 651. The van der Waals surface area contributed by atoms with Gasteiger partial charge in [-0.05, 0) is 36.3 Å². The number of carbonyl (C=O) groups is 1. The Labute approximate surface area is 132 Å². The first-order valence-electron chi connectivity index (χ1n) is 7.10. The number of hydrogen-bond donors (Lipinski definition) is 0. The minimum Gasteiger partial charge on any atom is -0.489 e. The molecule has 0 amide bonds. The summed E-state index contributed by atoms with van der Waals surface area (Å²) in [6.45, 7) is 2.59. The van der Waals surface area contributed by atoms with Gasteiger partial charge in [-0.1, -0.05) is 41.9 Å². The molecule has 0 spiro atoms. The molecule has 0 atom stereocenters. The van der Waals surface area contributed by atoms with Gasteiger partial charge >= 0.3 is 5.97 Å². The molecule has 110 valence electrons. The Morgan fingerprint density at radius 3 is 2.68 bits per heavy atom. The lowest BCUT2D eigenvalue weighted by Gasteiger charge is -2.09. The maximum atomic E-state index is 11.3. The van der Waals surface area contributed by atoms with Crippen LogP contribution in [0.2, 0.25) is 0 Å². The summed E-state index contributed by atoms with van der Waals surface area (Å²) in [5.74, 6) is 0.305. The van der Waals surface area contributed by atoms with E-state index in [1.54, 1.807) is 31.2 Å². The normalized spacial score (nSPS) is 10.6. The molecule has 0 heterocycles. The van der Waals surface area contributed by atoms with Gasteiger partial charge in [0.25, 0.3) is 0 Å². The molecule has 22 heavy (non-hydrogen) atoms. The van der Waals surface area contributed by atoms with Crippen molar-refractivity contribution in [2.75, 3.05) is 6.61 Å². The molecule has 2 radical (unpaired) electrons. The van der Waals surface area contributed by atoms with Crippen molar-refractivity contribution >= 4 is 25.4 Å². The van der Waals surface area contributed by atoms with Crippen LogP contribution < -0.4 is 10.2 Å². The highest BCUT2D eigenvalue weighted by atomic mass is 16.5. The third kappa shape index (κ3) is 4.81. The molecular formula is C18H17BO3. The maximum absolute atomic E-state index is 11.3. The van der Waals surface area contributed by atoms with Crippen LogP contribution in [-0.4, -0.2) is 20.4 Å². The number of ether oxygens (including phenoxy) is 2. The van der Waals surface area contributed by atoms with E-state index in [1.165, 1.54) is 6.08 Å². The van der Waals surface area contributed by atoms with Crippen LogP contribution >= 0.6 is 0 Å². The number of esters is 1. The SMILES string of the molecule is [B]c1ccc(OCc2ccccc2)cc1/C=C/C(=O)OCC. The molecule has 0 N–H and O–H groups in total. The van der Waals surface area contributed by atoms with E-state index in [-0.39, 0.29) is 0 Å². The van der Waals surface area contributed by atoms with E-state index in [4.69, 9.17) is 17.3 Å². The Morgan fingerprint density at radius 1 is 1.18 bits per heavy atom. The van der Waals surface area contributed by atoms with Gasteiger partial charge < -0.3 is 9.47 Å². The van der Waals surface area contributed by atoms with Crippen LogP contribution in [0.3, 0.4) is 0 Å². The largest absolute Gasteiger partial charge is 0.489 e. The summed E-state index contributed by atoms with van der Waals surface area (Å²) < 4.78 is 10.6. The van der Waals surface area contributed by atoms with Crippen molar-refractivity contribution in [3.05, 3.63) is 65.7 Å². The topological polar surface area (TPSA) is 35.5 Å². The zero-order valence-electron chi connectivity index (χ0n) is 12.5. The summed E-state index contributed by atoms with van der Waals surface area (Å²) in [5.41, 5.74) is 2.38. The van der Waals surface area contributed by atoms with Gasteiger partial charge in [0.2, 0.25) is 0 Å². The minimum atomic E-state index is -0.391. The fourth-order valence-corrected chi connectivity index (χ4v) is 1.88. The summed E-state index contributed by atoms with van der Waals surface area (Å²) in [4.78, 5) is 11.3. The quantitative estimate of drug-likeness (QED) is 0.466. The first kappa shape index (κ1) is 15.9. The van der Waals surface area contributed by atoms with Gasteiger partial charge in [-0.15, -0.1) is 0 Å². The van der Waals surface area contributed by atoms with Crippen LogP contribution in [-0.2, 0) is 16.1 Å². The summed E-state index contributed by atoms with van der Waals surface area (Å²) in [6.07, 6.45) is 2.98. The van der Waals surface area contributed by atoms with Gasteiger partial charge in [0.1, 0.15) is 20.2 Å². The summed E-state index contributed by atoms with van der Waals surface area (Å²) in [5, 5.41) is 0. The van der Waals surface area contributed by atoms with Crippen LogP contribution in [0.25, 0.3) is 6.08 Å². The van der Waals surface area contributed by atoms with Crippen molar-refractivity contribution in [1.82, 2.24) is 0 Å². The van der Waals surface area contributed by atoms with Crippen molar-refractivity contribution in [1.29, 1.82) is 0 Å². The lowest BCUT2D eigenvalue weighted by Crippen LogP contribution is -2.08. The molecule has 0 unspecified atom stereocenters. The lowest BCUT2D eigenvalue weighted by atomic mass is 9.90. The Morgan fingerprint density at radius 2 is 1.95 bits per heavy atom. The Balaban J connectivity index is 2.04. The molecule has 2 aromatic rings. The fraction of sp³-hybridized carbons (Fsp3) is 0.167. The monoisotopic (exact) mass is 292 g/mol. The van der Waals surface area contributed by atoms with Crippen molar-refractivity contribution < 1.29 is 14.3 Å². The van der Waals surface area contributed by atoms with Crippen molar-refractivity contribution in [3.8, 4) is 5.75 Å². The molecule has 0 aliphatic heterocycles. The van der Waals surface area contributed by atoms with Gasteiger partial charge in [-0.3, -0.25) is 0 Å². The predicted octanol–water partition coefficient (Wildman–Crippen LogP) is 2.64. The smallest absolute Gasteiger partial charge is 0.330 e. The van der Waals surface area contributed by atoms with Crippen LogP contribution in [0.4, 0.5) is 0 Å². The Kier molecular flexibility index (Phi) is 5.84. The zero-order chi connectivity index (χ0) is 15.8. The number of hydrogen-bond acceptors (Lipinski definition) is 3. The first-order chi connectivity index (χ1) is 10.7. The number of benzene rings is 2. The standard InChI is InChI=1S/C18H17BO3/c1-2-21-18(20)11-8-15-12-16(9-10-17(15)19)22-13-14-6-4-3-5-7-14/h3-12H,2,13H2,1H3/b11-8+. The molecule has 0 bridgehead atoms. The van der Waals surface area contributed by atoms with E-state index in [2.05, 4.69) is 0 Å². The van der Waals surface area contributed by atoms with Gasteiger partial charge in [0, 0.05) is 6.08 Å². The van der Waals surface area contributed by atoms with Crippen LogP contribution in [0.1, 0.15) is 18.1 Å². The second-order valence-corrected chi connectivity index (χ2v) is 4.65. The third-order valence-corrected chi connectivity index (χ3v) is 2.99. The highest BCUT2D eigenvalue weighted by Crippen LogP contribution is 2.14.